The smallest absolute Gasteiger partial charge is 0.211 e. The molecule has 6 N–H and O–H groups in total. The van der Waals surface area contributed by atoms with Crippen molar-refractivity contribution in [3.05, 3.63) is 0 Å². The van der Waals surface area contributed by atoms with Crippen molar-refractivity contribution in [3.63, 3.8) is 0 Å². The van der Waals surface area contributed by atoms with Crippen molar-refractivity contribution >= 4 is 5.96 Å². The van der Waals surface area contributed by atoms with E-state index in [-0.39, 0.29) is 34.9 Å². The van der Waals surface area contributed by atoms with Crippen LogP contribution in [0.4, 0.5) is 0 Å². The van der Waals surface area contributed by atoms with E-state index in [2.05, 4.69) is 25.9 Å². The number of rotatable bonds is 5. The Hall–Kier alpha value is -1.05. The number of hydrogen-bond donors (Lipinski definition) is 4. The van der Waals surface area contributed by atoms with Gasteiger partial charge >= 0.3 is 0 Å². The standard InChI is InChI=1S/C24H44N4O3/c1-5-31-28(27-21(25)26)15(2)18-10-13-24(30)20-7-6-16-14-17(29)8-11-22(16,3)19(20)9-12-23(18,24)4/h15-20,29-30H,5-14H2,1-4H3,(H4,25,26,27)/t15?,16-,17+,18-,19+,20-,22+,23-,24+/m1/s1. The van der Waals surface area contributed by atoms with E-state index >= 15 is 0 Å². The highest BCUT2D eigenvalue weighted by Gasteiger charge is 2.68. The Morgan fingerprint density at radius 3 is 2.52 bits per heavy atom. The Balaban J connectivity index is 1.60. The van der Waals surface area contributed by atoms with E-state index < -0.39 is 5.60 Å². The van der Waals surface area contributed by atoms with E-state index in [1.54, 1.807) is 5.17 Å². The van der Waals surface area contributed by atoms with Gasteiger partial charge < -0.3 is 21.7 Å². The van der Waals surface area contributed by atoms with Gasteiger partial charge in [-0.3, -0.25) is 4.84 Å². The molecule has 0 saturated heterocycles. The molecule has 4 saturated carbocycles. The normalized spacial score (nSPS) is 47.6. The van der Waals surface area contributed by atoms with E-state index in [4.69, 9.17) is 16.3 Å². The van der Waals surface area contributed by atoms with Crippen LogP contribution in [0.15, 0.2) is 5.10 Å². The lowest BCUT2D eigenvalue weighted by molar-refractivity contribution is -0.233. The van der Waals surface area contributed by atoms with Gasteiger partial charge in [-0.15, -0.1) is 5.10 Å². The van der Waals surface area contributed by atoms with E-state index in [1.165, 1.54) is 0 Å². The van der Waals surface area contributed by atoms with Crippen LogP contribution in [0.1, 0.15) is 85.5 Å². The molecule has 0 heterocycles. The highest BCUT2D eigenvalue weighted by molar-refractivity contribution is 5.75. The summed E-state index contributed by atoms with van der Waals surface area (Å²) >= 11 is 0. The summed E-state index contributed by atoms with van der Waals surface area (Å²) in [6, 6.07) is -0.0191. The van der Waals surface area contributed by atoms with Crippen LogP contribution in [0.2, 0.25) is 0 Å². The molecule has 9 atom stereocenters. The molecule has 1 unspecified atom stereocenters. The summed E-state index contributed by atoms with van der Waals surface area (Å²) in [4.78, 5) is 5.77. The lowest BCUT2D eigenvalue weighted by Crippen LogP contribution is -2.63. The monoisotopic (exact) mass is 436 g/mol. The fourth-order valence-corrected chi connectivity index (χ4v) is 8.65. The lowest BCUT2D eigenvalue weighted by Gasteiger charge is -2.64. The van der Waals surface area contributed by atoms with Crippen LogP contribution < -0.4 is 11.5 Å². The van der Waals surface area contributed by atoms with Gasteiger partial charge in [-0.2, -0.15) is 5.17 Å². The second kappa shape index (κ2) is 8.07. The molecule has 0 aromatic heterocycles. The Morgan fingerprint density at radius 1 is 1.10 bits per heavy atom. The molecule has 0 radical (unpaired) electrons. The molecule has 7 heteroatoms. The number of hydrogen-bond acceptors (Lipinski definition) is 5. The van der Waals surface area contributed by atoms with Crippen molar-refractivity contribution in [2.24, 2.45) is 51.1 Å². The molecule has 178 valence electrons. The van der Waals surface area contributed by atoms with Crippen LogP contribution in [0.25, 0.3) is 0 Å². The maximum atomic E-state index is 12.3. The van der Waals surface area contributed by atoms with E-state index in [0.717, 1.165) is 57.8 Å². The van der Waals surface area contributed by atoms with Gasteiger partial charge in [0.05, 0.1) is 24.4 Å². The summed E-state index contributed by atoms with van der Waals surface area (Å²) in [5, 5.41) is 28.4. The average molecular weight is 437 g/mol. The minimum atomic E-state index is -0.658. The molecule has 31 heavy (non-hydrogen) atoms. The lowest BCUT2D eigenvalue weighted by atomic mass is 9.43. The number of hydrazone groups is 1. The minimum Gasteiger partial charge on any atom is -0.393 e. The van der Waals surface area contributed by atoms with Crippen molar-refractivity contribution in [2.75, 3.05) is 6.61 Å². The number of hydroxylamine groups is 1. The van der Waals surface area contributed by atoms with Crippen LogP contribution in [-0.4, -0.2) is 45.7 Å². The van der Waals surface area contributed by atoms with Crippen molar-refractivity contribution in [2.45, 2.75) is 103 Å². The zero-order valence-electron chi connectivity index (χ0n) is 19.9. The fraction of sp³-hybridized carbons (Fsp3) is 0.958. The first kappa shape index (κ1) is 23.1. The highest BCUT2D eigenvalue weighted by Crippen LogP contribution is 2.69. The molecular weight excluding hydrogens is 392 g/mol. The van der Waals surface area contributed by atoms with Gasteiger partial charge in [0.2, 0.25) is 5.96 Å². The number of fused-ring (bicyclic) bond motifs is 5. The first-order chi connectivity index (χ1) is 14.6. The molecule has 0 aliphatic heterocycles. The van der Waals surface area contributed by atoms with Crippen molar-refractivity contribution in [1.29, 1.82) is 0 Å². The van der Waals surface area contributed by atoms with Crippen molar-refractivity contribution in [1.82, 2.24) is 5.17 Å². The van der Waals surface area contributed by atoms with Crippen LogP contribution in [0, 0.1) is 34.5 Å². The van der Waals surface area contributed by atoms with E-state index in [0.29, 0.717) is 24.4 Å². The first-order valence-electron chi connectivity index (χ1n) is 12.5. The summed E-state index contributed by atoms with van der Waals surface area (Å²) in [5.41, 5.74) is 10.7. The molecule has 0 bridgehead atoms. The molecule has 0 aromatic carbocycles. The summed E-state index contributed by atoms with van der Waals surface area (Å²) < 4.78 is 0. The maximum absolute atomic E-state index is 12.3. The Morgan fingerprint density at radius 2 is 1.84 bits per heavy atom. The minimum absolute atomic E-state index is 0.00634. The van der Waals surface area contributed by atoms with E-state index in [1.807, 2.05) is 6.92 Å². The molecule has 4 aliphatic rings. The molecule has 4 fully saturated rings. The van der Waals surface area contributed by atoms with Crippen molar-refractivity contribution < 1.29 is 15.1 Å². The van der Waals surface area contributed by atoms with Crippen LogP contribution in [0.3, 0.4) is 0 Å². The van der Waals surface area contributed by atoms with E-state index in [9.17, 15) is 10.2 Å². The predicted molar refractivity (Wildman–Crippen MR) is 121 cm³/mol. The van der Waals surface area contributed by atoms with Gasteiger partial charge in [0.25, 0.3) is 0 Å². The van der Waals surface area contributed by atoms with Crippen molar-refractivity contribution in [3.8, 4) is 0 Å². The summed E-state index contributed by atoms with van der Waals surface area (Å²) in [6.07, 6.45) is 8.99. The zero-order chi connectivity index (χ0) is 22.6. The van der Waals surface area contributed by atoms with Gasteiger partial charge in [-0.05, 0) is 101 Å². The second-order valence-corrected chi connectivity index (χ2v) is 11.4. The zero-order valence-corrected chi connectivity index (χ0v) is 19.9. The summed E-state index contributed by atoms with van der Waals surface area (Å²) in [5.74, 6) is 1.73. The second-order valence-electron chi connectivity index (χ2n) is 11.4. The molecule has 4 aliphatic carbocycles. The van der Waals surface area contributed by atoms with Gasteiger partial charge in [-0.25, -0.2) is 0 Å². The van der Waals surface area contributed by atoms with Gasteiger partial charge in [0.1, 0.15) is 0 Å². The molecule has 0 spiro atoms. The quantitative estimate of drug-likeness (QED) is 0.299. The molecule has 0 amide bonds. The Bertz CT molecular complexity index is 700. The van der Waals surface area contributed by atoms with Crippen LogP contribution in [-0.2, 0) is 4.84 Å². The third kappa shape index (κ3) is 3.46. The number of nitrogens with two attached hydrogens (primary N) is 2. The summed E-state index contributed by atoms with van der Waals surface area (Å²) in [7, 11) is 0. The molecular formula is C24H44N4O3. The molecule has 0 aromatic rings. The Labute approximate surface area is 187 Å². The number of aliphatic hydroxyl groups is 2. The number of guanidine groups is 1. The topological polar surface area (TPSA) is 117 Å². The molecule has 7 nitrogen and oxygen atoms in total. The van der Waals surface area contributed by atoms with Gasteiger partial charge in [-0.1, -0.05) is 13.8 Å². The van der Waals surface area contributed by atoms with Crippen LogP contribution >= 0.6 is 0 Å². The fourth-order valence-electron chi connectivity index (χ4n) is 8.65. The third-order valence-electron chi connectivity index (χ3n) is 10.3. The molecule has 4 rings (SSSR count). The van der Waals surface area contributed by atoms with Crippen LogP contribution in [0.5, 0.6) is 0 Å². The SMILES string of the molecule is CCON(N=C(N)N)C(C)[C@H]1CC[C@]2(O)[C@@H]3CC[C@@H]4C[C@@H](O)CC[C@]4(C)[C@H]3CC[C@]12C. The van der Waals surface area contributed by atoms with Gasteiger partial charge in [0.15, 0.2) is 0 Å². The predicted octanol–water partition coefficient (Wildman–Crippen LogP) is 2.95. The maximum Gasteiger partial charge on any atom is 0.211 e. The van der Waals surface area contributed by atoms with Gasteiger partial charge in [0, 0.05) is 5.41 Å². The summed E-state index contributed by atoms with van der Waals surface area (Å²) in [6.45, 7) is 9.30. The average Bonchev–Trinajstić information content (AvgIpc) is 2.99. The highest BCUT2D eigenvalue weighted by atomic mass is 16.7. The number of aliphatic hydroxyl groups excluding tert-OH is 1. The Kier molecular flexibility index (Phi) is 6.02. The number of nitrogens with zero attached hydrogens (tertiary/aromatic N) is 2. The first-order valence-corrected chi connectivity index (χ1v) is 12.5. The largest absolute Gasteiger partial charge is 0.393 e. The third-order valence-corrected chi connectivity index (χ3v) is 10.3.